The lowest BCUT2D eigenvalue weighted by Gasteiger charge is -2.27. The molecule has 1 rings (SSSR count). The third-order valence-electron chi connectivity index (χ3n) is 2.44. The van der Waals surface area contributed by atoms with Gasteiger partial charge in [-0.25, -0.2) is 0 Å². The molecule has 0 aromatic carbocycles. The summed E-state index contributed by atoms with van der Waals surface area (Å²) in [5, 5.41) is 0. The van der Waals surface area contributed by atoms with Gasteiger partial charge in [0.25, 0.3) is 0 Å². The number of thioether (sulfide) groups is 2. The van der Waals surface area contributed by atoms with Gasteiger partial charge in [-0.2, -0.15) is 0 Å². The predicted octanol–water partition coefficient (Wildman–Crippen LogP) is 3.66. The number of rotatable bonds is 3. The lowest BCUT2D eigenvalue weighted by Crippen LogP contribution is -2.24. The second kappa shape index (κ2) is 5.19. The zero-order valence-corrected chi connectivity index (χ0v) is 12.8. The van der Waals surface area contributed by atoms with Crippen LogP contribution in [0.4, 0.5) is 0 Å². The minimum atomic E-state index is -0.299. The van der Waals surface area contributed by atoms with Crippen LogP contribution in [0.5, 0.6) is 0 Å². The largest absolute Gasteiger partial charge is 0.298 e. The summed E-state index contributed by atoms with van der Waals surface area (Å²) in [6.07, 6.45) is 2.26. The summed E-state index contributed by atoms with van der Waals surface area (Å²) in [5.74, 6) is 0.838. The first-order valence-electron chi connectivity index (χ1n) is 5.70. The van der Waals surface area contributed by atoms with Crippen molar-refractivity contribution in [1.82, 2.24) is 0 Å². The van der Waals surface area contributed by atoms with E-state index in [0.717, 1.165) is 4.24 Å². The molecule has 0 radical (unpaired) electrons. The van der Waals surface area contributed by atoms with E-state index in [9.17, 15) is 9.59 Å². The smallest absolute Gasteiger partial charge is 0.158 e. The van der Waals surface area contributed by atoms with Crippen LogP contribution in [-0.4, -0.2) is 22.1 Å². The van der Waals surface area contributed by atoms with Gasteiger partial charge in [-0.1, -0.05) is 20.8 Å². The third kappa shape index (κ3) is 4.88. The second-order valence-electron chi connectivity index (χ2n) is 5.93. The molecule has 96 valence electrons. The van der Waals surface area contributed by atoms with Gasteiger partial charge in [-0.05, 0) is 13.8 Å². The van der Waals surface area contributed by atoms with Gasteiger partial charge in [0.05, 0.1) is 5.75 Å². The van der Waals surface area contributed by atoms with Gasteiger partial charge in [0, 0.05) is 26.9 Å². The molecule has 4 heteroatoms. The average molecular weight is 272 g/mol. The van der Waals surface area contributed by atoms with Crippen LogP contribution in [-0.2, 0) is 9.59 Å². The van der Waals surface area contributed by atoms with Crippen LogP contribution < -0.4 is 0 Å². The fourth-order valence-corrected chi connectivity index (χ4v) is 4.32. The molecule has 0 atom stereocenters. The summed E-state index contributed by atoms with van der Waals surface area (Å²) in [6.45, 7) is 9.90. The zero-order chi connectivity index (χ0) is 13.3. The summed E-state index contributed by atoms with van der Waals surface area (Å²) in [7, 11) is 0. The van der Waals surface area contributed by atoms with Crippen molar-refractivity contribution in [3.05, 3.63) is 10.3 Å². The summed E-state index contributed by atoms with van der Waals surface area (Å²) in [5.41, 5.74) is -0.299. The molecule has 0 amide bonds. The molecule has 0 aromatic heterocycles. The second-order valence-corrected chi connectivity index (χ2v) is 8.95. The van der Waals surface area contributed by atoms with Crippen molar-refractivity contribution in [2.45, 2.75) is 45.8 Å². The molecule has 2 nitrogen and oxygen atoms in total. The maximum atomic E-state index is 11.8. The molecule has 0 aromatic rings. The van der Waals surface area contributed by atoms with Gasteiger partial charge in [-0.15, -0.1) is 23.5 Å². The van der Waals surface area contributed by atoms with Gasteiger partial charge in [0.2, 0.25) is 0 Å². The Kier molecular flexibility index (Phi) is 4.53. The molecular formula is C13H20O2S2. The van der Waals surface area contributed by atoms with Crippen LogP contribution in [0.3, 0.4) is 0 Å². The first-order chi connectivity index (χ1) is 7.60. The fraction of sp³-hybridized carbons (Fsp3) is 0.692. The summed E-state index contributed by atoms with van der Waals surface area (Å²) < 4.78 is 0.933. The quantitative estimate of drug-likeness (QED) is 0.785. The Balaban J connectivity index is 2.59. The lowest BCUT2D eigenvalue weighted by molar-refractivity contribution is -0.123. The number of carbonyl (C=O) groups excluding carboxylic acids is 2. The Morgan fingerprint density at radius 3 is 2.53 bits per heavy atom. The molecule has 0 spiro atoms. The van der Waals surface area contributed by atoms with E-state index in [2.05, 4.69) is 13.8 Å². The van der Waals surface area contributed by atoms with Crippen LogP contribution in [0.1, 0.15) is 41.0 Å². The normalized spacial score (nSPS) is 20.1. The molecule has 0 bridgehead atoms. The molecule has 17 heavy (non-hydrogen) atoms. The zero-order valence-electron chi connectivity index (χ0n) is 11.1. The Bertz CT molecular complexity index is 362. The number of hydrogen-bond donors (Lipinski definition) is 0. The Morgan fingerprint density at radius 1 is 1.47 bits per heavy atom. The van der Waals surface area contributed by atoms with E-state index in [0.29, 0.717) is 12.2 Å². The van der Waals surface area contributed by atoms with E-state index in [4.69, 9.17) is 0 Å². The first-order valence-corrected chi connectivity index (χ1v) is 7.50. The molecule has 0 saturated heterocycles. The minimum absolute atomic E-state index is 0.0427. The van der Waals surface area contributed by atoms with E-state index in [1.54, 1.807) is 17.8 Å². The number of ketones is 2. The first kappa shape index (κ1) is 14.8. The summed E-state index contributed by atoms with van der Waals surface area (Å²) >= 11 is 3.19. The van der Waals surface area contributed by atoms with Crippen molar-refractivity contribution < 1.29 is 9.59 Å². The van der Waals surface area contributed by atoms with Crippen LogP contribution >= 0.6 is 23.5 Å². The highest BCUT2D eigenvalue weighted by Crippen LogP contribution is 2.44. The van der Waals surface area contributed by atoms with E-state index >= 15 is 0 Å². The summed E-state index contributed by atoms with van der Waals surface area (Å²) in [4.78, 5) is 23.4. The molecule has 1 aliphatic rings. The molecule has 1 aliphatic heterocycles. The Labute approximate surface area is 112 Å². The molecule has 0 unspecified atom stereocenters. The highest BCUT2D eigenvalue weighted by atomic mass is 32.2. The van der Waals surface area contributed by atoms with Gasteiger partial charge in [0.15, 0.2) is 5.78 Å². The standard InChI is InChI=1S/C13H20O2S2/c1-12(2,3)10(15)8-16-11-6-9(14)7-13(4,5)17-11/h6H,7-8H2,1-5H3. The lowest BCUT2D eigenvalue weighted by atomic mass is 9.92. The Hall–Kier alpha value is -0.220. The number of allylic oxidation sites excluding steroid dienone is 1. The van der Waals surface area contributed by atoms with Crippen molar-refractivity contribution in [2.75, 3.05) is 5.75 Å². The van der Waals surface area contributed by atoms with Crippen molar-refractivity contribution in [2.24, 2.45) is 5.41 Å². The van der Waals surface area contributed by atoms with Gasteiger partial charge in [-0.3, -0.25) is 9.59 Å². The molecule has 0 N–H and O–H groups in total. The molecule has 0 aliphatic carbocycles. The van der Waals surface area contributed by atoms with E-state index in [-0.39, 0.29) is 21.7 Å². The SMILES string of the molecule is CC1(C)CC(=O)C=C(SCC(=O)C(C)(C)C)S1. The highest BCUT2D eigenvalue weighted by molar-refractivity contribution is 8.23. The van der Waals surface area contributed by atoms with Gasteiger partial charge < -0.3 is 0 Å². The molecule has 0 saturated carbocycles. The van der Waals surface area contributed by atoms with Gasteiger partial charge in [0.1, 0.15) is 5.78 Å². The Morgan fingerprint density at radius 2 is 2.06 bits per heavy atom. The summed E-state index contributed by atoms with van der Waals surface area (Å²) in [6, 6.07) is 0. The molecule has 1 heterocycles. The van der Waals surface area contributed by atoms with Crippen LogP contribution in [0, 0.1) is 5.41 Å². The van der Waals surface area contributed by atoms with Crippen LogP contribution in [0.25, 0.3) is 0 Å². The number of Topliss-reactive ketones (excluding diaryl/α,β-unsaturated/α-hetero) is 1. The molecular weight excluding hydrogens is 252 g/mol. The van der Waals surface area contributed by atoms with Crippen molar-refractivity contribution in [3.63, 3.8) is 0 Å². The minimum Gasteiger partial charge on any atom is -0.298 e. The third-order valence-corrected chi connectivity index (χ3v) is 4.87. The predicted molar refractivity (Wildman–Crippen MR) is 76.3 cm³/mol. The van der Waals surface area contributed by atoms with Crippen LogP contribution in [0.15, 0.2) is 10.3 Å². The van der Waals surface area contributed by atoms with Crippen molar-refractivity contribution >= 4 is 35.1 Å². The van der Waals surface area contributed by atoms with Crippen LogP contribution in [0.2, 0.25) is 0 Å². The van der Waals surface area contributed by atoms with Gasteiger partial charge >= 0.3 is 0 Å². The maximum absolute atomic E-state index is 11.8. The average Bonchev–Trinajstić information content (AvgIpc) is 2.09. The van der Waals surface area contributed by atoms with E-state index in [1.807, 2.05) is 20.8 Å². The van der Waals surface area contributed by atoms with Crippen molar-refractivity contribution in [3.8, 4) is 0 Å². The maximum Gasteiger partial charge on any atom is 0.158 e. The van der Waals surface area contributed by atoms with E-state index in [1.165, 1.54) is 11.8 Å². The molecule has 0 fully saturated rings. The topological polar surface area (TPSA) is 34.1 Å². The fourth-order valence-electron chi connectivity index (χ4n) is 1.36. The number of hydrogen-bond acceptors (Lipinski definition) is 4. The van der Waals surface area contributed by atoms with E-state index < -0.39 is 0 Å². The van der Waals surface area contributed by atoms with Crippen molar-refractivity contribution in [1.29, 1.82) is 0 Å². The number of carbonyl (C=O) groups is 2. The highest BCUT2D eigenvalue weighted by Gasteiger charge is 2.29. The monoisotopic (exact) mass is 272 g/mol.